The highest BCUT2D eigenvalue weighted by atomic mass is 16.1. The molecule has 0 aliphatic carbocycles. The Morgan fingerprint density at radius 2 is 2.06 bits per heavy atom. The minimum atomic E-state index is -0.290. The number of carbonyl (C=O) groups excluding carboxylic acids is 1. The van der Waals surface area contributed by atoms with Crippen LogP contribution in [-0.4, -0.2) is 16.3 Å². The molecule has 1 aromatic carbocycles. The van der Waals surface area contributed by atoms with Gasteiger partial charge in [0, 0.05) is 34.6 Å². The number of aromatic nitrogens is 1. The van der Waals surface area contributed by atoms with Crippen molar-refractivity contribution in [1.82, 2.24) is 4.98 Å². The van der Waals surface area contributed by atoms with Gasteiger partial charge in [-0.05, 0) is 26.3 Å². The van der Waals surface area contributed by atoms with Crippen molar-refractivity contribution in [1.29, 1.82) is 0 Å². The zero-order chi connectivity index (χ0) is 12.5. The molecule has 0 aliphatic rings. The third-order valence-corrected chi connectivity index (χ3v) is 2.89. The first-order valence-corrected chi connectivity index (χ1v) is 5.85. The summed E-state index contributed by atoms with van der Waals surface area (Å²) >= 11 is 0. The number of fused-ring (bicyclic) bond motifs is 1. The van der Waals surface area contributed by atoms with Crippen molar-refractivity contribution in [2.45, 2.75) is 32.2 Å². The normalized spacial score (nSPS) is 11.9. The number of Topliss-reactive ketones (excluding diaryl/α,β-unsaturated/α-hetero) is 1. The first-order chi connectivity index (χ1) is 7.97. The molecule has 2 rings (SSSR count). The molecular weight excluding hydrogens is 212 g/mol. The third-order valence-electron chi connectivity index (χ3n) is 2.89. The van der Waals surface area contributed by atoms with Crippen LogP contribution in [0.4, 0.5) is 0 Å². The number of H-pyrrole nitrogens is 1. The van der Waals surface area contributed by atoms with E-state index in [0.29, 0.717) is 12.8 Å². The van der Waals surface area contributed by atoms with E-state index in [1.54, 1.807) is 6.20 Å². The van der Waals surface area contributed by atoms with Crippen molar-refractivity contribution in [3.63, 3.8) is 0 Å². The maximum atomic E-state index is 12.1. The minimum absolute atomic E-state index is 0.154. The Hall–Kier alpha value is -1.61. The van der Waals surface area contributed by atoms with E-state index >= 15 is 0 Å². The molecule has 0 atom stereocenters. The average Bonchev–Trinajstić information content (AvgIpc) is 2.68. The number of ketones is 1. The van der Waals surface area contributed by atoms with Crippen molar-refractivity contribution in [3.8, 4) is 0 Å². The monoisotopic (exact) mass is 230 g/mol. The van der Waals surface area contributed by atoms with Crippen LogP contribution < -0.4 is 5.73 Å². The highest BCUT2D eigenvalue weighted by Gasteiger charge is 2.16. The lowest BCUT2D eigenvalue weighted by molar-refractivity contribution is 0.0974. The van der Waals surface area contributed by atoms with E-state index in [-0.39, 0.29) is 11.3 Å². The molecule has 1 aromatic heterocycles. The first-order valence-electron chi connectivity index (χ1n) is 5.85. The van der Waals surface area contributed by atoms with E-state index in [0.717, 1.165) is 16.5 Å². The second kappa shape index (κ2) is 4.34. The van der Waals surface area contributed by atoms with Crippen LogP contribution in [0.1, 0.15) is 37.0 Å². The molecule has 17 heavy (non-hydrogen) atoms. The van der Waals surface area contributed by atoms with E-state index < -0.39 is 0 Å². The predicted molar refractivity (Wildman–Crippen MR) is 70.1 cm³/mol. The van der Waals surface area contributed by atoms with Crippen molar-refractivity contribution in [2.75, 3.05) is 0 Å². The van der Waals surface area contributed by atoms with Crippen LogP contribution >= 0.6 is 0 Å². The molecule has 3 nitrogen and oxygen atoms in total. The summed E-state index contributed by atoms with van der Waals surface area (Å²) in [6.07, 6.45) is 2.98. The van der Waals surface area contributed by atoms with E-state index in [2.05, 4.69) is 4.98 Å². The molecule has 0 fully saturated rings. The maximum Gasteiger partial charge on any atom is 0.165 e. The summed E-state index contributed by atoms with van der Waals surface area (Å²) in [7, 11) is 0. The number of aromatic amines is 1. The van der Waals surface area contributed by atoms with Crippen molar-refractivity contribution < 1.29 is 4.79 Å². The molecule has 3 heteroatoms. The minimum Gasteiger partial charge on any atom is -0.360 e. The zero-order valence-corrected chi connectivity index (χ0v) is 10.3. The van der Waals surface area contributed by atoms with Crippen molar-refractivity contribution in [3.05, 3.63) is 36.0 Å². The fourth-order valence-corrected chi connectivity index (χ4v) is 1.87. The molecule has 3 N–H and O–H groups in total. The van der Waals surface area contributed by atoms with E-state index in [9.17, 15) is 4.79 Å². The van der Waals surface area contributed by atoms with Crippen LogP contribution in [0.3, 0.4) is 0 Å². The molecule has 0 saturated carbocycles. The van der Waals surface area contributed by atoms with Crippen LogP contribution in [0, 0.1) is 0 Å². The van der Waals surface area contributed by atoms with E-state index in [1.807, 2.05) is 38.1 Å². The molecule has 0 amide bonds. The SMILES string of the molecule is CC(C)(N)CCC(=O)c1c[nH]c2ccccc12. The van der Waals surface area contributed by atoms with Gasteiger partial charge >= 0.3 is 0 Å². The Bertz CT molecular complexity index is 534. The second-order valence-electron chi connectivity index (χ2n) is 5.16. The molecule has 0 unspecified atom stereocenters. The summed E-state index contributed by atoms with van der Waals surface area (Å²) in [5.41, 5.74) is 7.37. The van der Waals surface area contributed by atoms with Gasteiger partial charge in [0.05, 0.1) is 0 Å². The van der Waals surface area contributed by atoms with Crippen LogP contribution in [0.25, 0.3) is 10.9 Å². The van der Waals surface area contributed by atoms with Crippen LogP contribution in [0.15, 0.2) is 30.5 Å². The number of para-hydroxylation sites is 1. The van der Waals surface area contributed by atoms with Gasteiger partial charge in [-0.1, -0.05) is 18.2 Å². The molecule has 0 spiro atoms. The largest absolute Gasteiger partial charge is 0.360 e. The van der Waals surface area contributed by atoms with Gasteiger partial charge in [-0.25, -0.2) is 0 Å². The topological polar surface area (TPSA) is 58.9 Å². The lowest BCUT2D eigenvalue weighted by Gasteiger charge is -2.17. The van der Waals surface area contributed by atoms with Gasteiger partial charge in [0.2, 0.25) is 0 Å². The van der Waals surface area contributed by atoms with Gasteiger partial charge in [0.25, 0.3) is 0 Å². The van der Waals surface area contributed by atoms with Gasteiger partial charge in [0.15, 0.2) is 5.78 Å². The summed E-state index contributed by atoms with van der Waals surface area (Å²) in [6.45, 7) is 3.88. The fraction of sp³-hybridized carbons (Fsp3) is 0.357. The lowest BCUT2D eigenvalue weighted by atomic mass is 9.96. The zero-order valence-electron chi connectivity index (χ0n) is 10.3. The summed E-state index contributed by atoms with van der Waals surface area (Å²) in [5, 5.41) is 0.993. The Balaban J connectivity index is 2.20. The molecule has 0 bridgehead atoms. The highest BCUT2D eigenvalue weighted by molar-refractivity contribution is 6.07. The van der Waals surface area contributed by atoms with Crippen molar-refractivity contribution >= 4 is 16.7 Å². The average molecular weight is 230 g/mol. The standard InChI is InChI=1S/C14H18N2O/c1-14(2,15)8-7-13(17)11-9-16-12-6-4-3-5-10(11)12/h3-6,9,16H,7-8,15H2,1-2H3. The lowest BCUT2D eigenvalue weighted by Crippen LogP contribution is -2.32. The van der Waals surface area contributed by atoms with Gasteiger partial charge in [-0.3, -0.25) is 4.79 Å². The number of hydrogen-bond acceptors (Lipinski definition) is 2. The van der Waals surface area contributed by atoms with Gasteiger partial charge in [-0.15, -0.1) is 0 Å². The first kappa shape index (κ1) is 11.9. The van der Waals surface area contributed by atoms with Crippen LogP contribution in [-0.2, 0) is 0 Å². The third kappa shape index (κ3) is 2.74. The molecule has 2 aromatic rings. The van der Waals surface area contributed by atoms with Gasteiger partial charge in [0.1, 0.15) is 0 Å². The molecule has 0 aliphatic heterocycles. The maximum absolute atomic E-state index is 12.1. The number of nitrogens with one attached hydrogen (secondary N) is 1. The molecule has 1 heterocycles. The number of nitrogens with two attached hydrogens (primary N) is 1. The Labute approximate surface area is 101 Å². The number of hydrogen-bond donors (Lipinski definition) is 2. The van der Waals surface area contributed by atoms with E-state index in [1.165, 1.54) is 0 Å². The second-order valence-corrected chi connectivity index (χ2v) is 5.16. The molecular formula is C14H18N2O. The predicted octanol–water partition coefficient (Wildman–Crippen LogP) is 2.87. The van der Waals surface area contributed by atoms with Crippen LogP contribution in [0.5, 0.6) is 0 Å². The van der Waals surface area contributed by atoms with Gasteiger partial charge < -0.3 is 10.7 Å². The van der Waals surface area contributed by atoms with E-state index in [4.69, 9.17) is 5.73 Å². The summed E-state index contributed by atoms with van der Waals surface area (Å²) < 4.78 is 0. The number of carbonyl (C=O) groups is 1. The Morgan fingerprint density at radius 3 is 2.76 bits per heavy atom. The van der Waals surface area contributed by atoms with Gasteiger partial charge in [-0.2, -0.15) is 0 Å². The molecule has 0 saturated heterocycles. The summed E-state index contributed by atoms with van der Waals surface area (Å²) in [6, 6.07) is 7.83. The number of benzene rings is 1. The van der Waals surface area contributed by atoms with Crippen LogP contribution in [0.2, 0.25) is 0 Å². The molecule has 0 radical (unpaired) electrons. The highest BCUT2D eigenvalue weighted by Crippen LogP contribution is 2.20. The quantitative estimate of drug-likeness (QED) is 0.793. The Morgan fingerprint density at radius 1 is 1.35 bits per heavy atom. The molecule has 90 valence electrons. The summed E-state index contributed by atoms with van der Waals surface area (Å²) in [4.78, 5) is 15.2. The fourth-order valence-electron chi connectivity index (χ4n) is 1.87. The Kier molecular flexibility index (Phi) is 3.03. The smallest absolute Gasteiger partial charge is 0.165 e. The number of rotatable bonds is 4. The summed E-state index contributed by atoms with van der Waals surface area (Å²) in [5.74, 6) is 0.154. The van der Waals surface area contributed by atoms with Crippen molar-refractivity contribution in [2.24, 2.45) is 5.73 Å².